The Morgan fingerprint density at radius 2 is 1.88 bits per heavy atom. The Hall–Kier alpha value is -1.75. The molecule has 1 heterocycles. The van der Waals surface area contributed by atoms with Gasteiger partial charge in [0.25, 0.3) is 5.91 Å². The van der Waals surface area contributed by atoms with Gasteiger partial charge in [0.1, 0.15) is 5.75 Å². The van der Waals surface area contributed by atoms with Gasteiger partial charge in [0.15, 0.2) is 0 Å². The Bertz CT molecular complexity index is 659. The van der Waals surface area contributed by atoms with E-state index >= 15 is 0 Å². The first kappa shape index (κ1) is 19.6. The minimum atomic E-state index is -0.686. The van der Waals surface area contributed by atoms with E-state index in [-0.39, 0.29) is 24.4 Å². The highest BCUT2D eigenvalue weighted by atomic mass is 35.5. The van der Waals surface area contributed by atoms with E-state index in [1.165, 1.54) is 0 Å². The summed E-state index contributed by atoms with van der Waals surface area (Å²) in [4.78, 5) is 12.8. The normalized spacial score (nSPS) is 17.9. The van der Waals surface area contributed by atoms with Gasteiger partial charge in [-0.05, 0) is 43.7 Å². The molecule has 1 aliphatic rings. The zero-order valence-electron chi connectivity index (χ0n) is 13.8. The number of benzene rings is 2. The van der Waals surface area contributed by atoms with Gasteiger partial charge >= 0.3 is 0 Å². The fourth-order valence-corrected chi connectivity index (χ4v) is 2.93. The van der Waals surface area contributed by atoms with Crippen LogP contribution in [0, 0.1) is 0 Å². The second-order valence-corrected chi connectivity index (χ2v) is 6.35. The lowest BCUT2D eigenvalue weighted by atomic mass is 10.1. The molecule has 0 radical (unpaired) electrons. The van der Waals surface area contributed by atoms with E-state index in [4.69, 9.17) is 16.3 Å². The highest BCUT2D eigenvalue weighted by molar-refractivity contribution is 6.30. The van der Waals surface area contributed by atoms with Gasteiger partial charge < -0.3 is 15.4 Å². The van der Waals surface area contributed by atoms with Crippen LogP contribution in [0.25, 0.3) is 0 Å². The fraction of sp³-hybridized carbons (Fsp3) is 0.316. The lowest BCUT2D eigenvalue weighted by molar-refractivity contribution is -0.129. The van der Waals surface area contributed by atoms with Gasteiger partial charge in [-0.3, -0.25) is 4.79 Å². The number of piperidine rings is 1. The van der Waals surface area contributed by atoms with Crippen LogP contribution in [0.3, 0.4) is 0 Å². The largest absolute Gasteiger partial charge is 0.476 e. The van der Waals surface area contributed by atoms with E-state index in [9.17, 15) is 4.79 Å². The van der Waals surface area contributed by atoms with Gasteiger partial charge in [0.2, 0.25) is 6.10 Å². The molecule has 2 aromatic rings. The molecule has 2 aromatic carbocycles. The van der Waals surface area contributed by atoms with Crippen LogP contribution in [0.1, 0.15) is 24.5 Å². The quantitative estimate of drug-likeness (QED) is 0.830. The van der Waals surface area contributed by atoms with Crippen LogP contribution in [0.2, 0.25) is 5.02 Å². The molecule has 6 heteroatoms. The Kier molecular flexibility index (Phi) is 7.56. The lowest BCUT2D eigenvalue weighted by Crippen LogP contribution is -2.47. The molecule has 2 atom stereocenters. The summed E-state index contributed by atoms with van der Waals surface area (Å²) in [7, 11) is 0. The van der Waals surface area contributed by atoms with E-state index in [0.29, 0.717) is 10.8 Å². The van der Waals surface area contributed by atoms with E-state index in [1.54, 1.807) is 24.3 Å². The van der Waals surface area contributed by atoms with Crippen molar-refractivity contribution in [3.05, 3.63) is 65.2 Å². The molecule has 0 aromatic heterocycles. The molecule has 2 unspecified atom stereocenters. The number of hydrogen-bond donors (Lipinski definition) is 2. The summed E-state index contributed by atoms with van der Waals surface area (Å²) in [5.41, 5.74) is 0.828. The van der Waals surface area contributed by atoms with Gasteiger partial charge in [-0.1, -0.05) is 41.9 Å². The molecule has 3 rings (SSSR count). The zero-order chi connectivity index (χ0) is 16.8. The predicted octanol–water partition coefficient (Wildman–Crippen LogP) is 3.75. The van der Waals surface area contributed by atoms with Crippen molar-refractivity contribution in [3.63, 3.8) is 0 Å². The first-order chi connectivity index (χ1) is 11.7. The van der Waals surface area contributed by atoms with Crippen LogP contribution >= 0.6 is 24.0 Å². The minimum absolute atomic E-state index is 0. The summed E-state index contributed by atoms with van der Waals surface area (Å²) >= 11 is 5.91. The molecule has 1 saturated heterocycles. The maximum absolute atomic E-state index is 12.8. The average Bonchev–Trinajstić information content (AvgIpc) is 2.63. The molecule has 1 aliphatic heterocycles. The monoisotopic (exact) mass is 380 g/mol. The van der Waals surface area contributed by atoms with Gasteiger partial charge in [0, 0.05) is 23.2 Å². The van der Waals surface area contributed by atoms with Gasteiger partial charge in [-0.15, -0.1) is 12.4 Å². The van der Waals surface area contributed by atoms with E-state index in [2.05, 4.69) is 10.6 Å². The lowest BCUT2D eigenvalue weighted by Gasteiger charge is -2.26. The zero-order valence-corrected chi connectivity index (χ0v) is 15.4. The summed E-state index contributed by atoms with van der Waals surface area (Å²) in [5.74, 6) is 0.495. The Morgan fingerprint density at radius 3 is 2.52 bits per heavy atom. The first-order valence-electron chi connectivity index (χ1n) is 8.20. The number of halogens is 2. The number of rotatable bonds is 5. The van der Waals surface area contributed by atoms with Crippen molar-refractivity contribution >= 4 is 29.9 Å². The van der Waals surface area contributed by atoms with E-state index < -0.39 is 6.10 Å². The maximum Gasteiger partial charge on any atom is 0.266 e. The standard InChI is InChI=1S/C19H21ClN2O2.ClH/c20-15-8-10-17(11-9-15)24-18(14-5-2-1-3-6-14)19(23)22-16-7-4-12-21-13-16;/h1-3,5-6,8-11,16,18,21H,4,7,12-13H2,(H,22,23);1H. The first-order valence-corrected chi connectivity index (χ1v) is 8.58. The molecule has 1 amide bonds. The molecule has 0 bridgehead atoms. The van der Waals surface area contributed by atoms with E-state index in [1.807, 2.05) is 30.3 Å². The summed E-state index contributed by atoms with van der Waals surface area (Å²) in [6.07, 6.45) is 1.37. The SMILES string of the molecule is Cl.O=C(NC1CCCNC1)C(Oc1ccc(Cl)cc1)c1ccccc1. The highest BCUT2D eigenvalue weighted by Gasteiger charge is 2.25. The molecular weight excluding hydrogens is 359 g/mol. The smallest absolute Gasteiger partial charge is 0.266 e. The van der Waals surface area contributed by atoms with E-state index in [0.717, 1.165) is 31.5 Å². The summed E-state index contributed by atoms with van der Waals surface area (Å²) in [6.45, 7) is 1.81. The third-order valence-corrected chi connectivity index (χ3v) is 4.30. The highest BCUT2D eigenvalue weighted by Crippen LogP contribution is 2.24. The minimum Gasteiger partial charge on any atom is -0.476 e. The van der Waals surface area contributed by atoms with Gasteiger partial charge in [-0.25, -0.2) is 0 Å². The third kappa shape index (κ3) is 5.63. The van der Waals surface area contributed by atoms with Crippen molar-refractivity contribution in [1.82, 2.24) is 10.6 Å². The molecule has 0 saturated carbocycles. The Morgan fingerprint density at radius 1 is 1.16 bits per heavy atom. The topological polar surface area (TPSA) is 50.4 Å². The van der Waals surface area contributed by atoms with Crippen molar-refractivity contribution in [2.45, 2.75) is 25.0 Å². The van der Waals surface area contributed by atoms with Gasteiger partial charge in [0.05, 0.1) is 0 Å². The van der Waals surface area contributed by atoms with Crippen molar-refractivity contribution in [3.8, 4) is 5.75 Å². The van der Waals surface area contributed by atoms with Crippen LogP contribution < -0.4 is 15.4 Å². The summed E-state index contributed by atoms with van der Waals surface area (Å²) < 4.78 is 5.97. The Labute approximate surface area is 159 Å². The number of hydrogen-bond acceptors (Lipinski definition) is 3. The van der Waals surface area contributed by atoms with Crippen molar-refractivity contribution in [1.29, 1.82) is 0 Å². The van der Waals surface area contributed by atoms with Crippen LogP contribution in [-0.4, -0.2) is 25.0 Å². The second kappa shape index (κ2) is 9.66. The molecule has 4 nitrogen and oxygen atoms in total. The third-order valence-electron chi connectivity index (χ3n) is 4.05. The number of nitrogens with one attached hydrogen (secondary N) is 2. The molecule has 25 heavy (non-hydrogen) atoms. The average molecular weight is 381 g/mol. The summed E-state index contributed by atoms with van der Waals surface area (Å²) in [5, 5.41) is 7.04. The number of amides is 1. The van der Waals surface area contributed by atoms with Crippen LogP contribution in [-0.2, 0) is 4.79 Å². The van der Waals surface area contributed by atoms with Crippen LogP contribution in [0.15, 0.2) is 54.6 Å². The Balaban J connectivity index is 0.00000225. The number of carbonyl (C=O) groups excluding carboxylic acids is 1. The number of ether oxygens (including phenoxy) is 1. The molecule has 1 fully saturated rings. The molecule has 134 valence electrons. The van der Waals surface area contributed by atoms with Crippen molar-refractivity contribution in [2.75, 3.05) is 13.1 Å². The van der Waals surface area contributed by atoms with Gasteiger partial charge in [-0.2, -0.15) is 0 Å². The van der Waals surface area contributed by atoms with Crippen molar-refractivity contribution < 1.29 is 9.53 Å². The molecule has 2 N–H and O–H groups in total. The fourth-order valence-electron chi connectivity index (χ4n) is 2.80. The summed E-state index contributed by atoms with van der Waals surface area (Å²) in [6, 6.07) is 16.7. The predicted molar refractivity (Wildman–Crippen MR) is 103 cm³/mol. The second-order valence-electron chi connectivity index (χ2n) is 5.91. The number of carbonyl (C=O) groups is 1. The molecule has 0 aliphatic carbocycles. The molecule has 0 spiro atoms. The molecular formula is C19H22Cl2N2O2. The van der Waals surface area contributed by atoms with Crippen LogP contribution in [0.4, 0.5) is 0 Å². The maximum atomic E-state index is 12.8. The van der Waals surface area contributed by atoms with Crippen molar-refractivity contribution in [2.24, 2.45) is 0 Å². The van der Waals surface area contributed by atoms with Crippen LogP contribution in [0.5, 0.6) is 5.75 Å².